The van der Waals surface area contributed by atoms with Crippen LogP contribution in [0, 0.1) is 6.92 Å². The van der Waals surface area contributed by atoms with E-state index in [0.29, 0.717) is 5.76 Å². The van der Waals surface area contributed by atoms with Crippen LogP contribution in [-0.4, -0.2) is 17.7 Å². The van der Waals surface area contributed by atoms with Gasteiger partial charge in [-0.25, -0.2) is 0 Å². The number of para-hydroxylation sites is 2. The fraction of sp³-hybridized carbons (Fsp3) is 0.280. The van der Waals surface area contributed by atoms with Crippen molar-refractivity contribution in [3.05, 3.63) is 82.8 Å². The highest BCUT2D eigenvalue weighted by atomic mass is 16.4. The third-order valence-electron chi connectivity index (χ3n) is 6.04. The zero-order valence-electron chi connectivity index (χ0n) is 17.3. The van der Waals surface area contributed by atoms with Crippen LogP contribution in [0.5, 0.6) is 0 Å². The van der Waals surface area contributed by atoms with E-state index >= 15 is 0 Å². The molecular weight excluding hydrogens is 374 g/mol. The summed E-state index contributed by atoms with van der Waals surface area (Å²) in [5, 5.41) is 4.66. The molecule has 0 spiro atoms. The number of fused-ring (bicyclic) bond motifs is 2. The van der Waals surface area contributed by atoms with Gasteiger partial charge in [-0.1, -0.05) is 36.4 Å². The summed E-state index contributed by atoms with van der Waals surface area (Å²) in [6, 6.07) is 18.1. The molecule has 0 bridgehead atoms. The molecule has 5 heteroatoms. The van der Waals surface area contributed by atoms with Gasteiger partial charge in [-0.05, 0) is 56.9 Å². The van der Waals surface area contributed by atoms with Crippen LogP contribution in [0.15, 0.2) is 64.1 Å². The molecule has 3 aromatic rings. The molecule has 0 saturated carbocycles. The summed E-state index contributed by atoms with van der Waals surface area (Å²) in [4.78, 5) is 15.4. The van der Waals surface area contributed by atoms with Gasteiger partial charge >= 0.3 is 0 Å². The third-order valence-corrected chi connectivity index (χ3v) is 6.04. The first-order valence-electron chi connectivity index (χ1n) is 10.5. The Morgan fingerprint density at radius 3 is 2.70 bits per heavy atom. The maximum Gasteiger partial charge on any atom is 0.294 e. The molecule has 5 rings (SSSR count). The molecule has 1 amide bonds. The summed E-state index contributed by atoms with van der Waals surface area (Å²) in [5.41, 5.74) is 9.12. The van der Waals surface area contributed by atoms with Crippen LogP contribution in [0.4, 0.5) is 11.4 Å². The Morgan fingerprint density at radius 1 is 1.10 bits per heavy atom. The average molecular weight is 399 g/mol. The van der Waals surface area contributed by atoms with Crippen molar-refractivity contribution in [1.29, 1.82) is 0 Å². The van der Waals surface area contributed by atoms with Crippen molar-refractivity contribution in [2.45, 2.75) is 45.6 Å². The highest BCUT2D eigenvalue weighted by molar-refractivity contribution is 6.11. The van der Waals surface area contributed by atoms with E-state index in [0.717, 1.165) is 59.7 Å². The standard InChI is InChI=1S/C25H25N3O2/c1-16-15-18-9-6-7-13-21(18)28(16)25(29)24-17(2)23-20(12-8-14-22(23)30-24)27-26-19-10-4-3-5-11-19/h3-7,9-11,13,16,26H,8,12,14-15H2,1-2H3/b27-20+. The minimum Gasteiger partial charge on any atom is -0.455 e. The Balaban J connectivity index is 1.49. The van der Waals surface area contributed by atoms with Crippen molar-refractivity contribution in [2.75, 3.05) is 10.3 Å². The van der Waals surface area contributed by atoms with E-state index in [4.69, 9.17) is 4.42 Å². The minimum absolute atomic E-state index is 0.0604. The molecule has 2 aliphatic rings. The first kappa shape index (κ1) is 18.7. The number of aryl methyl sites for hydroxylation is 1. The highest BCUT2D eigenvalue weighted by Gasteiger charge is 2.36. The molecule has 0 saturated heterocycles. The number of hydrogen-bond acceptors (Lipinski definition) is 4. The highest BCUT2D eigenvalue weighted by Crippen LogP contribution is 2.36. The van der Waals surface area contributed by atoms with Crippen LogP contribution in [0.3, 0.4) is 0 Å². The molecule has 1 aliphatic carbocycles. The number of carbonyl (C=O) groups is 1. The number of hydrogen-bond donors (Lipinski definition) is 1. The Kier molecular flexibility index (Phi) is 4.66. The number of amides is 1. The van der Waals surface area contributed by atoms with Crippen molar-refractivity contribution in [1.82, 2.24) is 0 Å². The normalized spacial score (nSPS) is 18.9. The smallest absolute Gasteiger partial charge is 0.294 e. The lowest BCUT2D eigenvalue weighted by atomic mass is 9.93. The number of rotatable bonds is 3. The van der Waals surface area contributed by atoms with E-state index < -0.39 is 0 Å². The van der Waals surface area contributed by atoms with Gasteiger partial charge < -0.3 is 9.32 Å². The first-order valence-corrected chi connectivity index (χ1v) is 10.5. The van der Waals surface area contributed by atoms with Crippen LogP contribution in [0.1, 0.15) is 52.8 Å². The monoisotopic (exact) mass is 399 g/mol. The minimum atomic E-state index is -0.0604. The number of hydrazone groups is 1. The Morgan fingerprint density at radius 2 is 1.87 bits per heavy atom. The summed E-state index contributed by atoms with van der Waals surface area (Å²) < 4.78 is 6.16. The van der Waals surface area contributed by atoms with E-state index in [1.165, 1.54) is 5.56 Å². The molecule has 1 aromatic heterocycles. The molecule has 0 fully saturated rings. The van der Waals surface area contributed by atoms with Crippen LogP contribution >= 0.6 is 0 Å². The largest absolute Gasteiger partial charge is 0.455 e. The molecule has 152 valence electrons. The van der Waals surface area contributed by atoms with Crippen molar-refractivity contribution < 1.29 is 9.21 Å². The molecule has 1 unspecified atom stereocenters. The number of nitrogens with zero attached hydrogens (tertiary/aromatic N) is 2. The Bertz CT molecular complexity index is 1130. The number of benzene rings is 2. The predicted molar refractivity (Wildman–Crippen MR) is 119 cm³/mol. The van der Waals surface area contributed by atoms with Gasteiger partial charge in [0.25, 0.3) is 5.91 Å². The summed E-state index contributed by atoms with van der Waals surface area (Å²) in [5.74, 6) is 1.25. The first-order chi connectivity index (χ1) is 14.6. The van der Waals surface area contributed by atoms with Gasteiger partial charge in [0.1, 0.15) is 5.76 Å². The number of furan rings is 1. The van der Waals surface area contributed by atoms with Gasteiger partial charge in [0.15, 0.2) is 5.76 Å². The molecule has 1 N–H and O–H groups in total. The second-order valence-corrected chi connectivity index (χ2v) is 8.10. The van der Waals surface area contributed by atoms with Crippen molar-refractivity contribution in [3.8, 4) is 0 Å². The molecule has 2 aromatic carbocycles. The predicted octanol–water partition coefficient (Wildman–Crippen LogP) is 5.33. The van der Waals surface area contributed by atoms with Crippen LogP contribution in [0.2, 0.25) is 0 Å². The third kappa shape index (κ3) is 3.11. The van der Waals surface area contributed by atoms with Crippen LogP contribution < -0.4 is 10.3 Å². The van der Waals surface area contributed by atoms with E-state index in [1.54, 1.807) is 0 Å². The zero-order chi connectivity index (χ0) is 20.7. The fourth-order valence-electron chi connectivity index (χ4n) is 4.61. The van der Waals surface area contributed by atoms with Crippen LogP contribution in [0.25, 0.3) is 0 Å². The van der Waals surface area contributed by atoms with Gasteiger partial charge in [-0.15, -0.1) is 0 Å². The summed E-state index contributed by atoms with van der Waals surface area (Å²) >= 11 is 0. The maximum atomic E-state index is 13.5. The average Bonchev–Trinajstić information content (AvgIpc) is 3.29. The molecule has 1 aliphatic heterocycles. The van der Waals surface area contributed by atoms with Crippen molar-refractivity contribution >= 4 is 23.0 Å². The van der Waals surface area contributed by atoms with Gasteiger partial charge in [-0.3, -0.25) is 10.2 Å². The Labute approximate surface area is 176 Å². The number of anilines is 2. The molecule has 2 heterocycles. The maximum absolute atomic E-state index is 13.5. The van der Waals surface area contributed by atoms with Crippen molar-refractivity contribution in [2.24, 2.45) is 5.10 Å². The van der Waals surface area contributed by atoms with E-state index in [1.807, 2.05) is 60.4 Å². The molecule has 30 heavy (non-hydrogen) atoms. The summed E-state index contributed by atoms with van der Waals surface area (Å²) in [6.45, 7) is 4.07. The SMILES string of the molecule is Cc1c(C(=O)N2c3ccccc3CC2C)oc2c1/C(=N/Nc1ccccc1)CCC2. The summed E-state index contributed by atoms with van der Waals surface area (Å²) in [6.07, 6.45) is 3.53. The molecule has 0 radical (unpaired) electrons. The fourth-order valence-corrected chi connectivity index (χ4v) is 4.61. The van der Waals surface area contributed by atoms with Gasteiger partial charge in [0.2, 0.25) is 0 Å². The van der Waals surface area contributed by atoms with Gasteiger partial charge in [0.05, 0.1) is 11.4 Å². The van der Waals surface area contributed by atoms with E-state index in [9.17, 15) is 4.79 Å². The molecular formula is C25H25N3O2. The van der Waals surface area contributed by atoms with Crippen LogP contribution in [-0.2, 0) is 12.8 Å². The molecule has 1 atom stereocenters. The van der Waals surface area contributed by atoms with E-state index in [2.05, 4.69) is 23.5 Å². The second kappa shape index (κ2) is 7.48. The molecule has 5 nitrogen and oxygen atoms in total. The summed E-state index contributed by atoms with van der Waals surface area (Å²) in [7, 11) is 0. The van der Waals surface area contributed by atoms with E-state index in [-0.39, 0.29) is 11.9 Å². The lowest BCUT2D eigenvalue weighted by Gasteiger charge is -2.21. The van der Waals surface area contributed by atoms with Gasteiger partial charge in [0, 0.05) is 29.3 Å². The number of nitrogens with one attached hydrogen (secondary N) is 1. The topological polar surface area (TPSA) is 57.8 Å². The quantitative estimate of drug-likeness (QED) is 0.606. The zero-order valence-corrected chi connectivity index (χ0v) is 17.3. The van der Waals surface area contributed by atoms with Crippen molar-refractivity contribution in [3.63, 3.8) is 0 Å². The lowest BCUT2D eigenvalue weighted by molar-refractivity contribution is 0.0952. The number of carbonyl (C=O) groups excluding carboxylic acids is 1. The lowest BCUT2D eigenvalue weighted by Crippen LogP contribution is -2.35. The Hall–Kier alpha value is -3.34. The second-order valence-electron chi connectivity index (χ2n) is 8.10. The van der Waals surface area contributed by atoms with Gasteiger partial charge in [-0.2, -0.15) is 5.10 Å².